The number of hydrogen-bond donors (Lipinski definition) is 1. The van der Waals surface area contributed by atoms with Gasteiger partial charge in [-0.2, -0.15) is 0 Å². The number of fused-ring (bicyclic) bond motifs is 1. The molecule has 0 aliphatic rings. The molecule has 0 saturated carbocycles. The molecule has 0 bridgehead atoms. The molecular formula is C15H20N2O. The Morgan fingerprint density at radius 3 is 2.61 bits per heavy atom. The summed E-state index contributed by atoms with van der Waals surface area (Å²) in [7, 11) is 0. The maximum atomic E-state index is 12.5. The van der Waals surface area contributed by atoms with Crippen LogP contribution in [0.5, 0.6) is 0 Å². The molecule has 3 heteroatoms. The number of para-hydroxylation sites is 1. The summed E-state index contributed by atoms with van der Waals surface area (Å²) in [5.74, 6) is 0.191. The van der Waals surface area contributed by atoms with Crippen molar-refractivity contribution >= 4 is 16.7 Å². The van der Waals surface area contributed by atoms with Crippen molar-refractivity contribution in [2.45, 2.75) is 26.8 Å². The number of H-pyrrole nitrogens is 1. The lowest BCUT2D eigenvalue weighted by Crippen LogP contribution is -2.38. The molecule has 3 nitrogen and oxygen atoms in total. The summed E-state index contributed by atoms with van der Waals surface area (Å²) in [6.07, 6.45) is 1.83. The van der Waals surface area contributed by atoms with E-state index >= 15 is 0 Å². The molecule has 18 heavy (non-hydrogen) atoms. The smallest absolute Gasteiger partial charge is 0.181 e. The number of rotatable bonds is 5. The van der Waals surface area contributed by atoms with E-state index < -0.39 is 0 Å². The third-order valence-electron chi connectivity index (χ3n) is 3.59. The van der Waals surface area contributed by atoms with Crippen molar-refractivity contribution in [2.24, 2.45) is 0 Å². The van der Waals surface area contributed by atoms with Gasteiger partial charge in [-0.3, -0.25) is 9.69 Å². The van der Waals surface area contributed by atoms with Gasteiger partial charge in [-0.1, -0.05) is 32.0 Å². The molecule has 0 saturated heterocycles. The van der Waals surface area contributed by atoms with Crippen molar-refractivity contribution in [3.8, 4) is 0 Å². The molecule has 0 unspecified atom stereocenters. The first-order chi connectivity index (χ1) is 8.69. The Kier molecular flexibility index (Phi) is 3.82. The lowest BCUT2D eigenvalue weighted by atomic mass is 10.0. The van der Waals surface area contributed by atoms with Crippen LogP contribution in [0.4, 0.5) is 0 Å². The number of aromatic nitrogens is 1. The number of ketones is 1. The lowest BCUT2D eigenvalue weighted by molar-refractivity contribution is 0.0853. The summed E-state index contributed by atoms with van der Waals surface area (Å²) < 4.78 is 0. The Balaban J connectivity index is 2.33. The molecule has 0 fully saturated rings. The predicted octanol–water partition coefficient (Wildman–Crippen LogP) is 3.08. The van der Waals surface area contributed by atoms with E-state index in [2.05, 4.69) is 23.7 Å². The van der Waals surface area contributed by atoms with Gasteiger partial charge in [0.05, 0.1) is 6.04 Å². The van der Waals surface area contributed by atoms with E-state index in [1.54, 1.807) is 0 Å². The van der Waals surface area contributed by atoms with E-state index in [1.165, 1.54) is 0 Å². The van der Waals surface area contributed by atoms with Crippen LogP contribution < -0.4 is 0 Å². The zero-order valence-electron chi connectivity index (χ0n) is 11.2. The summed E-state index contributed by atoms with van der Waals surface area (Å²) in [6.45, 7) is 7.94. The fourth-order valence-corrected chi connectivity index (χ4v) is 2.44. The van der Waals surface area contributed by atoms with Gasteiger partial charge in [0.1, 0.15) is 0 Å². The van der Waals surface area contributed by atoms with Crippen LogP contribution in [0.15, 0.2) is 30.5 Å². The molecule has 2 rings (SSSR count). The number of hydrogen-bond acceptors (Lipinski definition) is 2. The van der Waals surface area contributed by atoms with E-state index in [4.69, 9.17) is 0 Å². The molecule has 1 heterocycles. The van der Waals surface area contributed by atoms with Crippen LogP contribution in [0.25, 0.3) is 10.9 Å². The van der Waals surface area contributed by atoms with Crippen molar-refractivity contribution in [3.63, 3.8) is 0 Å². The summed E-state index contributed by atoms with van der Waals surface area (Å²) >= 11 is 0. The minimum atomic E-state index is -0.0702. The maximum Gasteiger partial charge on any atom is 0.181 e. The number of benzene rings is 1. The molecule has 0 radical (unpaired) electrons. The zero-order valence-corrected chi connectivity index (χ0v) is 11.2. The Morgan fingerprint density at radius 1 is 1.28 bits per heavy atom. The number of nitrogens with one attached hydrogen (secondary N) is 1. The number of carbonyl (C=O) groups excluding carboxylic acids is 1. The van der Waals surface area contributed by atoms with E-state index in [9.17, 15) is 4.79 Å². The van der Waals surface area contributed by atoms with E-state index in [0.717, 1.165) is 29.6 Å². The van der Waals surface area contributed by atoms with E-state index in [1.807, 2.05) is 37.4 Å². The van der Waals surface area contributed by atoms with Crippen LogP contribution in [0.3, 0.4) is 0 Å². The zero-order chi connectivity index (χ0) is 13.1. The Hall–Kier alpha value is -1.61. The Morgan fingerprint density at radius 2 is 1.94 bits per heavy atom. The van der Waals surface area contributed by atoms with Crippen molar-refractivity contribution in [3.05, 3.63) is 36.0 Å². The maximum absolute atomic E-state index is 12.5. The van der Waals surface area contributed by atoms with E-state index in [-0.39, 0.29) is 11.8 Å². The average molecular weight is 244 g/mol. The van der Waals surface area contributed by atoms with Gasteiger partial charge in [-0.05, 0) is 26.1 Å². The Labute approximate surface area is 108 Å². The average Bonchev–Trinajstić information content (AvgIpc) is 2.83. The molecule has 96 valence electrons. The van der Waals surface area contributed by atoms with Crippen LogP contribution in [0.2, 0.25) is 0 Å². The van der Waals surface area contributed by atoms with Gasteiger partial charge in [0.25, 0.3) is 0 Å². The first-order valence-electron chi connectivity index (χ1n) is 6.53. The van der Waals surface area contributed by atoms with Crippen LogP contribution in [0.1, 0.15) is 31.1 Å². The molecule has 1 atom stereocenters. The highest BCUT2D eigenvalue weighted by Crippen LogP contribution is 2.20. The van der Waals surface area contributed by atoms with Gasteiger partial charge in [0.2, 0.25) is 0 Å². The molecule has 0 amide bonds. The highest BCUT2D eigenvalue weighted by Gasteiger charge is 2.22. The van der Waals surface area contributed by atoms with Crippen LogP contribution in [-0.4, -0.2) is 34.8 Å². The number of Topliss-reactive ketones (excluding diaryl/α,β-unsaturated/α-hetero) is 1. The van der Waals surface area contributed by atoms with Gasteiger partial charge < -0.3 is 4.98 Å². The monoisotopic (exact) mass is 244 g/mol. The van der Waals surface area contributed by atoms with Gasteiger partial charge in [-0.25, -0.2) is 0 Å². The second-order valence-corrected chi connectivity index (χ2v) is 4.51. The highest BCUT2D eigenvalue weighted by atomic mass is 16.1. The first-order valence-corrected chi connectivity index (χ1v) is 6.53. The van der Waals surface area contributed by atoms with Crippen LogP contribution in [-0.2, 0) is 0 Å². The van der Waals surface area contributed by atoms with Crippen molar-refractivity contribution < 1.29 is 4.79 Å². The van der Waals surface area contributed by atoms with E-state index in [0.29, 0.717) is 0 Å². The SMILES string of the molecule is CCN(CC)[C@@H](C)C(=O)c1c[nH]c2ccccc12. The standard InChI is InChI=1S/C15H20N2O/c1-4-17(5-2)11(3)15(18)13-10-16-14-9-7-6-8-12(13)14/h6-11,16H,4-5H2,1-3H3/t11-/m0/s1. The second-order valence-electron chi connectivity index (χ2n) is 4.51. The third-order valence-corrected chi connectivity index (χ3v) is 3.59. The molecule has 0 spiro atoms. The van der Waals surface area contributed by atoms with Gasteiger partial charge >= 0.3 is 0 Å². The lowest BCUT2D eigenvalue weighted by Gasteiger charge is -2.24. The predicted molar refractivity (Wildman–Crippen MR) is 75.0 cm³/mol. The molecule has 2 aromatic rings. The Bertz CT molecular complexity index is 540. The summed E-state index contributed by atoms with van der Waals surface area (Å²) in [5.41, 5.74) is 1.82. The molecule has 1 N–H and O–H groups in total. The van der Waals surface area contributed by atoms with Gasteiger partial charge in [0, 0.05) is 22.7 Å². The summed E-state index contributed by atoms with van der Waals surface area (Å²) in [6, 6.07) is 7.86. The van der Waals surface area contributed by atoms with Crippen LogP contribution in [0, 0.1) is 0 Å². The quantitative estimate of drug-likeness (QED) is 0.820. The largest absolute Gasteiger partial charge is 0.360 e. The minimum Gasteiger partial charge on any atom is -0.360 e. The van der Waals surface area contributed by atoms with Gasteiger partial charge in [0.15, 0.2) is 5.78 Å². The number of carbonyl (C=O) groups is 1. The molecule has 1 aromatic heterocycles. The van der Waals surface area contributed by atoms with Gasteiger partial charge in [-0.15, -0.1) is 0 Å². The molecular weight excluding hydrogens is 224 g/mol. The highest BCUT2D eigenvalue weighted by molar-refractivity contribution is 6.10. The molecule has 0 aliphatic heterocycles. The van der Waals surface area contributed by atoms with Crippen LogP contribution >= 0.6 is 0 Å². The van der Waals surface area contributed by atoms with Crippen molar-refractivity contribution in [1.29, 1.82) is 0 Å². The van der Waals surface area contributed by atoms with Crippen molar-refractivity contribution in [1.82, 2.24) is 9.88 Å². The fourth-order valence-electron chi connectivity index (χ4n) is 2.44. The number of nitrogens with zero attached hydrogens (tertiary/aromatic N) is 1. The third kappa shape index (κ3) is 2.18. The number of likely N-dealkylation sites (N-methyl/N-ethyl adjacent to an activating group) is 1. The summed E-state index contributed by atoms with van der Waals surface area (Å²) in [4.78, 5) is 17.8. The molecule has 0 aliphatic carbocycles. The topological polar surface area (TPSA) is 36.1 Å². The summed E-state index contributed by atoms with van der Waals surface area (Å²) in [5, 5.41) is 1.02. The molecule has 1 aromatic carbocycles. The van der Waals surface area contributed by atoms with Crippen molar-refractivity contribution in [2.75, 3.05) is 13.1 Å². The normalized spacial score (nSPS) is 13.1. The number of aromatic amines is 1. The first kappa shape index (κ1) is 12.8. The minimum absolute atomic E-state index is 0.0702. The second kappa shape index (κ2) is 5.36. The fraction of sp³-hybridized carbons (Fsp3) is 0.400.